The van der Waals surface area contributed by atoms with Gasteiger partial charge in [-0.3, -0.25) is 0 Å². The van der Waals surface area contributed by atoms with Crippen molar-refractivity contribution in [2.24, 2.45) is 5.92 Å². The zero-order valence-corrected chi connectivity index (χ0v) is 8.85. The zero-order valence-electron chi connectivity index (χ0n) is 8.85. The fourth-order valence-corrected chi connectivity index (χ4v) is 1.86. The number of ether oxygens (including phenoxy) is 1. The highest BCUT2D eigenvalue weighted by Gasteiger charge is 2.12. The fraction of sp³-hybridized carbons (Fsp3) is 0.636. The SMILES string of the molecule is c1cc(OCCC2CCCNC2)ncn1. The first-order valence-electron chi connectivity index (χ1n) is 5.54. The van der Waals surface area contributed by atoms with Crippen LogP contribution in [0.25, 0.3) is 0 Å². The van der Waals surface area contributed by atoms with Gasteiger partial charge in [0.2, 0.25) is 5.88 Å². The molecule has 2 rings (SSSR count). The molecule has 4 nitrogen and oxygen atoms in total. The summed E-state index contributed by atoms with van der Waals surface area (Å²) < 4.78 is 5.53. The molecule has 0 aromatic carbocycles. The Labute approximate surface area is 90.1 Å². The molecule has 0 saturated carbocycles. The lowest BCUT2D eigenvalue weighted by molar-refractivity contribution is 0.247. The van der Waals surface area contributed by atoms with Gasteiger partial charge < -0.3 is 10.1 Å². The molecule has 15 heavy (non-hydrogen) atoms. The first-order chi connectivity index (χ1) is 7.45. The van der Waals surface area contributed by atoms with E-state index in [1.807, 2.05) is 0 Å². The van der Waals surface area contributed by atoms with E-state index < -0.39 is 0 Å². The topological polar surface area (TPSA) is 47.0 Å². The second-order valence-corrected chi connectivity index (χ2v) is 3.90. The van der Waals surface area contributed by atoms with E-state index in [0.29, 0.717) is 5.88 Å². The normalized spacial score (nSPS) is 21.2. The van der Waals surface area contributed by atoms with Gasteiger partial charge >= 0.3 is 0 Å². The summed E-state index contributed by atoms with van der Waals surface area (Å²) in [6.45, 7) is 3.06. The standard InChI is InChI=1S/C11H17N3O/c1-2-10(8-12-5-1)4-7-15-11-3-6-13-9-14-11/h3,6,9-10,12H,1-2,4-5,7-8H2. The van der Waals surface area contributed by atoms with E-state index in [0.717, 1.165) is 25.5 Å². The highest BCUT2D eigenvalue weighted by Crippen LogP contribution is 2.14. The molecule has 1 aliphatic heterocycles. The molecule has 1 saturated heterocycles. The number of piperidine rings is 1. The molecule has 0 amide bonds. The van der Waals surface area contributed by atoms with Gasteiger partial charge in [0.05, 0.1) is 6.61 Å². The van der Waals surface area contributed by atoms with Gasteiger partial charge in [0.15, 0.2) is 0 Å². The van der Waals surface area contributed by atoms with Crippen molar-refractivity contribution in [2.75, 3.05) is 19.7 Å². The van der Waals surface area contributed by atoms with Gasteiger partial charge in [-0.1, -0.05) is 0 Å². The minimum atomic E-state index is 0.675. The third-order valence-corrected chi connectivity index (χ3v) is 2.73. The van der Waals surface area contributed by atoms with Crippen LogP contribution in [0.1, 0.15) is 19.3 Å². The molecular weight excluding hydrogens is 190 g/mol. The number of rotatable bonds is 4. The summed E-state index contributed by atoms with van der Waals surface area (Å²) in [4.78, 5) is 7.85. The quantitative estimate of drug-likeness (QED) is 0.807. The Kier molecular flexibility index (Phi) is 3.91. The zero-order chi connectivity index (χ0) is 10.3. The van der Waals surface area contributed by atoms with Crippen molar-refractivity contribution in [3.05, 3.63) is 18.6 Å². The van der Waals surface area contributed by atoms with Crippen molar-refractivity contribution in [3.8, 4) is 5.88 Å². The predicted octanol–water partition coefficient (Wildman–Crippen LogP) is 1.25. The number of hydrogen-bond donors (Lipinski definition) is 1. The summed E-state index contributed by atoms with van der Waals surface area (Å²) in [7, 11) is 0. The van der Waals surface area contributed by atoms with Crippen molar-refractivity contribution in [1.82, 2.24) is 15.3 Å². The van der Waals surface area contributed by atoms with Crippen molar-refractivity contribution >= 4 is 0 Å². The molecule has 1 aromatic heterocycles. The predicted molar refractivity (Wildman–Crippen MR) is 57.7 cm³/mol. The Morgan fingerprint density at radius 3 is 3.27 bits per heavy atom. The molecule has 4 heteroatoms. The molecule has 1 fully saturated rings. The van der Waals surface area contributed by atoms with Crippen LogP contribution in [0.2, 0.25) is 0 Å². The van der Waals surface area contributed by atoms with Crippen molar-refractivity contribution in [2.45, 2.75) is 19.3 Å². The molecule has 1 aliphatic rings. The van der Waals surface area contributed by atoms with Gasteiger partial charge in [0.25, 0.3) is 0 Å². The maximum absolute atomic E-state index is 5.53. The Morgan fingerprint density at radius 1 is 1.53 bits per heavy atom. The fourth-order valence-electron chi connectivity index (χ4n) is 1.86. The summed E-state index contributed by atoms with van der Waals surface area (Å²) in [5.41, 5.74) is 0. The molecule has 1 unspecified atom stereocenters. The summed E-state index contributed by atoms with van der Waals surface area (Å²) >= 11 is 0. The molecule has 0 aliphatic carbocycles. The molecule has 2 heterocycles. The summed E-state index contributed by atoms with van der Waals surface area (Å²) in [5, 5.41) is 3.40. The summed E-state index contributed by atoms with van der Waals surface area (Å²) in [6, 6.07) is 1.79. The summed E-state index contributed by atoms with van der Waals surface area (Å²) in [6.07, 6.45) is 6.93. The van der Waals surface area contributed by atoms with Crippen LogP contribution in [0, 0.1) is 5.92 Å². The van der Waals surface area contributed by atoms with Crippen LogP contribution in [-0.4, -0.2) is 29.7 Å². The van der Waals surface area contributed by atoms with E-state index in [-0.39, 0.29) is 0 Å². The van der Waals surface area contributed by atoms with Crippen LogP contribution >= 0.6 is 0 Å². The van der Waals surface area contributed by atoms with Crippen LogP contribution in [0.15, 0.2) is 18.6 Å². The lowest BCUT2D eigenvalue weighted by atomic mass is 9.97. The molecule has 0 radical (unpaired) electrons. The second kappa shape index (κ2) is 5.66. The lowest BCUT2D eigenvalue weighted by Crippen LogP contribution is -2.30. The minimum Gasteiger partial charge on any atom is -0.478 e. The van der Waals surface area contributed by atoms with Crippen LogP contribution < -0.4 is 10.1 Å². The minimum absolute atomic E-state index is 0.675. The number of hydrogen-bond acceptors (Lipinski definition) is 4. The van der Waals surface area contributed by atoms with E-state index in [2.05, 4.69) is 15.3 Å². The van der Waals surface area contributed by atoms with Crippen LogP contribution in [0.4, 0.5) is 0 Å². The van der Waals surface area contributed by atoms with Crippen LogP contribution in [0.5, 0.6) is 5.88 Å². The second-order valence-electron chi connectivity index (χ2n) is 3.90. The highest BCUT2D eigenvalue weighted by molar-refractivity contribution is 5.04. The molecule has 0 bridgehead atoms. The Bertz CT molecular complexity index is 272. The third kappa shape index (κ3) is 3.47. The molecular formula is C11H17N3O. The van der Waals surface area contributed by atoms with Crippen molar-refractivity contribution in [1.29, 1.82) is 0 Å². The maximum Gasteiger partial charge on any atom is 0.216 e. The van der Waals surface area contributed by atoms with Gasteiger partial charge in [-0.15, -0.1) is 0 Å². The smallest absolute Gasteiger partial charge is 0.216 e. The van der Waals surface area contributed by atoms with Crippen molar-refractivity contribution < 1.29 is 4.74 Å². The number of aromatic nitrogens is 2. The first-order valence-corrected chi connectivity index (χ1v) is 5.54. The van der Waals surface area contributed by atoms with E-state index in [4.69, 9.17) is 4.74 Å². The van der Waals surface area contributed by atoms with Gasteiger partial charge in [0.1, 0.15) is 6.33 Å². The monoisotopic (exact) mass is 207 g/mol. The van der Waals surface area contributed by atoms with E-state index in [1.165, 1.54) is 25.7 Å². The average Bonchev–Trinajstić information content (AvgIpc) is 2.32. The average molecular weight is 207 g/mol. The molecule has 0 spiro atoms. The van der Waals surface area contributed by atoms with E-state index in [1.54, 1.807) is 12.3 Å². The highest BCUT2D eigenvalue weighted by atomic mass is 16.5. The first kappa shape index (κ1) is 10.4. The largest absolute Gasteiger partial charge is 0.478 e. The molecule has 1 N–H and O–H groups in total. The van der Waals surface area contributed by atoms with Crippen molar-refractivity contribution in [3.63, 3.8) is 0 Å². The molecule has 82 valence electrons. The third-order valence-electron chi connectivity index (χ3n) is 2.73. The van der Waals surface area contributed by atoms with Crippen LogP contribution in [-0.2, 0) is 0 Å². The Hall–Kier alpha value is -1.16. The molecule has 1 atom stereocenters. The number of nitrogens with one attached hydrogen (secondary N) is 1. The van der Waals surface area contributed by atoms with E-state index in [9.17, 15) is 0 Å². The number of nitrogens with zero attached hydrogens (tertiary/aromatic N) is 2. The van der Waals surface area contributed by atoms with Gasteiger partial charge in [0, 0.05) is 12.3 Å². The molecule has 1 aromatic rings. The summed E-state index contributed by atoms with van der Waals surface area (Å²) in [5.74, 6) is 1.44. The van der Waals surface area contributed by atoms with Gasteiger partial charge in [-0.05, 0) is 38.3 Å². The maximum atomic E-state index is 5.53. The Balaban J connectivity index is 1.66. The van der Waals surface area contributed by atoms with Gasteiger partial charge in [-0.2, -0.15) is 0 Å². The Morgan fingerprint density at radius 2 is 2.53 bits per heavy atom. The van der Waals surface area contributed by atoms with Gasteiger partial charge in [-0.25, -0.2) is 9.97 Å². The lowest BCUT2D eigenvalue weighted by Gasteiger charge is -2.22. The van der Waals surface area contributed by atoms with Crippen LogP contribution in [0.3, 0.4) is 0 Å². The van der Waals surface area contributed by atoms with E-state index >= 15 is 0 Å².